The summed E-state index contributed by atoms with van der Waals surface area (Å²) >= 11 is 0. The van der Waals surface area contributed by atoms with E-state index in [9.17, 15) is 4.79 Å². The summed E-state index contributed by atoms with van der Waals surface area (Å²) in [5, 5.41) is 2.81. The lowest BCUT2D eigenvalue weighted by atomic mass is 10.0. The fraction of sp³-hybridized carbons (Fsp3) is 0.917. The predicted molar refractivity (Wildman–Crippen MR) is 64.0 cm³/mol. The molecule has 1 amide bonds. The fourth-order valence-corrected chi connectivity index (χ4v) is 2.31. The van der Waals surface area contributed by atoms with Crippen LogP contribution in [0.4, 0.5) is 0 Å². The van der Waals surface area contributed by atoms with Crippen LogP contribution < -0.4 is 11.1 Å². The van der Waals surface area contributed by atoms with Gasteiger partial charge in [-0.3, -0.25) is 4.79 Å². The van der Waals surface area contributed by atoms with E-state index in [1.165, 1.54) is 0 Å². The number of rotatable bonds is 5. The quantitative estimate of drug-likeness (QED) is 0.739. The summed E-state index contributed by atoms with van der Waals surface area (Å²) in [7, 11) is 0. The highest BCUT2D eigenvalue weighted by Crippen LogP contribution is 2.36. The van der Waals surface area contributed by atoms with Crippen LogP contribution in [0, 0.1) is 5.92 Å². The van der Waals surface area contributed by atoms with Crippen LogP contribution in [-0.4, -0.2) is 30.7 Å². The van der Waals surface area contributed by atoms with Gasteiger partial charge in [0.25, 0.3) is 0 Å². The van der Waals surface area contributed by atoms with E-state index in [0.717, 1.165) is 19.3 Å². The second-order valence-electron chi connectivity index (χ2n) is 5.25. The Morgan fingerprint density at radius 1 is 1.62 bits per heavy atom. The molecule has 0 heterocycles. The largest absolute Gasteiger partial charge is 0.364 e. The zero-order chi connectivity index (χ0) is 12.2. The van der Waals surface area contributed by atoms with Crippen LogP contribution in [0.15, 0.2) is 0 Å². The van der Waals surface area contributed by atoms with Crippen molar-refractivity contribution in [3.63, 3.8) is 0 Å². The van der Waals surface area contributed by atoms with Crippen molar-refractivity contribution in [3.8, 4) is 0 Å². The maximum Gasteiger partial charge on any atom is 0.246 e. The van der Waals surface area contributed by atoms with Crippen LogP contribution in [0.5, 0.6) is 0 Å². The third-order valence-electron chi connectivity index (χ3n) is 3.14. The Balaban J connectivity index is 2.37. The third kappa shape index (κ3) is 3.76. The number of nitrogens with one attached hydrogen (secondary N) is 1. The van der Waals surface area contributed by atoms with E-state index in [4.69, 9.17) is 10.5 Å². The van der Waals surface area contributed by atoms with Gasteiger partial charge in [-0.2, -0.15) is 0 Å². The van der Waals surface area contributed by atoms with E-state index in [1.807, 2.05) is 13.8 Å². The van der Waals surface area contributed by atoms with Gasteiger partial charge in [0.1, 0.15) is 6.61 Å². The maximum atomic E-state index is 11.5. The Morgan fingerprint density at radius 3 is 2.75 bits per heavy atom. The van der Waals surface area contributed by atoms with E-state index in [0.29, 0.717) is 12.5 Å². The van der Waals surface area contributed by atoms with Crippen molar-refractivity contribution in [2.75, 3.05) is 13.2 Å². The van der Waals surface area contributed by atoms with Gasteiger partial charge in [-0.15, -0.1) is 0 Å². The summed E-state index contributed by atoms with van der Waals surface area (Å²) in [5.74, 6) is 0.596. The van der Waals surface area contributed by atoms with Gasteiger partial charge in [0.15, 0.2) is 0 Å². The summed E-state index contributed by atoms with van der Waals surface area (Å²) in [5.41, 5.74) is 5.51. The zero-order valence-corrected chi connectivity index (χ0v) is 10.6. The Hall–Kier alpha value is -0.610. The molecule has 3 N–H and O–H groups in total. The lowest BCUT2D eigenvalue weighted by Gasteiger charge is -2.28. The topological polar surface area (TPSA) is 64.3 Å². The van der Waals surface area contributed by atoms with Gasteiger partial charge >= 0.3 is 0 Å². The molecular weight excluding hydrogens is 204 g/mol. The molecule has 1 rings (SSSR count). The van der Waals surface area contributed by atoms with Gasteiger partial charge in [0.2, 0.25) is 5.91 Å². The molecule has 1 fully saturated rings. The van der Waals surface area contributed by atoms with Gasteiger partial charge in [0.05, 0.1) is 5.60 Å². The van der Waals surface area contributed by atoms with Crippen molar-refractivity contribution in [1.82, 2.24) is 5.32 Å². The van der Waals surface area contributed by atoms with Crippen LogP contribution in [0.25, 0.3) is 0 Å². The number of carbonyl (C=O) groups excluding carboxylic acids is 1. The van der Waals surface area contributed by atoms with E-state index in [-0.39, 0.29) is 24.2 Å². The van der Waals surface area contributed by atoms with Crippen molar-refractivity contribution in [2.24, 2.45) is 11.7 Å². The van der Waals surface area contributed by atoms with E-state index in [1.54, 1.807) is 0 Å². The molecule has 4 heteroatoms. The van der Waals surface area contributed by atoms with Crippen LogP contribution in [-0.2, 0) is 9.53 Å². The van der Waals surface area contributed by atoms with Crippen molar-refractivity contribution in [3.05, 3.63) is 0 Å². The summed E-state index contributed by atoms with van der Waals surface area (Å²) in [6.07, 6.45) is 3.08. The molecule has 1 aliphatic carbocycles. The molecule has 1 aliphatic rings. The minimum atomic E-state index is -0.256. The second-order valence-corrected chi connectivity index (χ2v) is 5.25. The standard InChI is InChI=1S/C12H24N2O2/c1-9(2)14-11(15)7-16-12(8-13)5-4-10(3)6-12/h9-10H,4-8,13H2,1-3H3,(H,14,15). The molecule has 0 bridgehead atoms. The van der Waals surface area contributed by atoms with E-state index < -0.39 is 0 Å². The van der Waals surface area contributed by atoms with Crippen molar-refractivity contribution >= 4 is 5.91 Å². The number of carbonyl (C=O) groups is 1. The van der Waals surface area contributed by atoms with Crippen molar-refractivity contribution in [2.45, 2.75) is 51.7 Å². The molecule has 4 nitrogen and oxygen atoms in total. The highest BCUT2D eigenvalue weighted by molar-refractivity contribution is 5.77. The average molecular weight is 228 g/mol. The van der Waals surface area contributed by atoms with Gasteiger partial charge in [0, 0.05) is 12.6 Å². The molecule has 0 aromatic rings. The molecule has 0 saturated heterocycles. The predicted octanol–water partition coefficient (Wildman–Crippen LogP) is 1.05. The van der Waals surface area contributed by atoms with Gasteiger partial charge in [-0.25, -0.2) is 0 Å². The molecule has 0 spiro atoms. The first-order valence-corrected chi connectivity index (χ1v) is 6.11. The number of amides is 1. The molecule has 16 heavy (non-hydrogen) atoms. The van der Waals surface area contributed by atoms with Crippen LogP contribution in [0.3, 0.4) is 0 Å². The summed E-state index contributed by atoms with van der Waals surface area (Å²) in [4.78, 5) is 11.5. The Kier molecular flexibility index (Phi) is 4.74. The molecule has 0 aromatic carbocycles. The second kappa shape index (κ2) is 5.64. The summed E-state index contributed by atoms with van der Waals surface area (Å²) in [6.45, 7) is 6.71. The Bertz CT molecular complexity index is 243. The van der Waals surface area contributed by atoms with Gasteiger partial charge in [-0.05, 0) is 39.0 Å². The van der Waals surface area contributed by atoms with Crippen LogP contribution in [0.2, 0.25) is 0 Å². The first kappa shape index (κ1) is 13.5. The lowest BCUT2D eigenvalue weighted by molar-refractivity contribution is -0.133. The van der Waals surface area contributed by atoms with Gasteiger partial charge < -0.3 is 15.8 Å². The van der Waals surface area contributed by atoms with Crippen LogP contribution >= 0.6 is 0 Å². The van der Waals surface area contributed by atoms with Crippen molar-refractivity contribution in [1.29, 1.82) is 0 Å². The fourth-order valence-electron chi connectivity index (χ4n) is 2.31. The normalized spacial score (nSPS) is 29.7. The smallest absolute Gasteiger partial charge is 0.246 e. The van der Waals surface area contributed by atoms with Crippen molar-refractivity contribution < 1.29 is 9.53 Å². The highest BCUT2D eigenvalue weighted by Gasteiger charge is 2.37. The molecule has 2 atom stereocenters. The number of hydrogen-bond donors (Lipinski definition) is 2. The molecule has 94 valence electrons. The minimum absolute atomic E-state index is 0.0534. The lowest BCUT2D eigenvalue weighted by Crippen LogP contribution is -2.42. The molecule has 1 saturated carbocycles. The summed E-state index contributed by atoms with van der Waals surface area (Å²) in [6, 6.07) is 0.160. The number of nitrogens with two attached hydrogens (primary N) is 1. The third-order valence-corrected chi connectivity index (χ3v) is 3.14. The first-order chi connectivity index (χ1) is 7.47. The molecule has 0 aliphatic heterocycles. The first-order valence-electron chi connectivity index (χ1n) is 6.11. The SMILES string of the molecule is CC1CCC(CN)(OCC(=O)NC(C)C)C1. The number of hydrogen-bond acceptors (Lipinski definition) is 3. The minimum Gasteiger partial charge on any atom is -0.364 e. The Labute approximate surface area is 97.9 Å². The average Bonchev–Trinajstić information content (AvgIpc) is 2.57. The molecule has 0 aromatic heterocycles. The maximum absolute atomic E-state index is 11.5. The van der Waals surface area contributed by atoms with E-state index in [2.05, 4.69) is 12.2 Å². The molecule has 0 radical (unpaired) electrons. The summed E-state index contributed by atoms with van der Waals surface area (Å²) < 4.78 is 5.74. The monoisotopic (exact) mass is 228 g/mol. The Morgan fingerprint density at radius 2 is 2.31 bits per heavy atom. The van der Waals surface area contributed by atoms with Crippen LogP contribution in [0.1, 0.15) is 40.0 Å². The highest BCUT2D eigenvalue weighted by atomic mass is 16.5. The number of ether oxygens (including phenoxy) is 1. The molecule has 2 unspecified atom stereocenters. The van der Waals surface area contributed by atoms with E-state index >= 15 is 0 Å². The molecular formula is C12H24N2O2. The van der Waals surface area contributed by atoms with Gasteiger partial charge in [-0.1, -0.05) is 6.92 Å². The zero-order valence-electron chi connectivity index (χ0n) is 10.6.